The Kier molecular flexibility index (Phi) is 6.59. The highest BCUT2D eigenvalue weighted by Crippen LogP contribution is 2.32. The molecule has 3 aromatic rings. The smallest absolute Gasteiger partial charge is 0.234 e. The molecule has 1 amide bonds. The van der Waals surface area contributed by atoms with E-state index in [-0.39, 0.29) is 23.4 Å². The number of anilines is 1. The Morgan fingerprint density at radius 3 is 2.91 bits per heavy atom. The molecule has 2 aliphatic rings. The number of rotatable bonds is 7. The van der Waals surface area contributed by atoms with Gasteiger partial charge in [0.15, 0.2) is 17.4 Å². The second-order valence-electron chi connectivity index (χ2n) is 8.85. The highest BCUT2D eigenvalue weighted by atomic mass is 19.1. The molecule has 9 heteroatoms. The number of unbranched alkanes of at least 4 members (excludes halogenated alkanes) is 1. The summed E-state index contributed by atoms with van der Waals surface area (Å²) in [7, 11) is 1.71. The minimum atomic E-state index is -0.587. The van der Waals surface area contributed by atoms with Crippen LogP contribution in [0.5, 0.6) is 5.75 Å². The Morgan fingerprint density at radius 1 is 1.20 bits per heavy atom. The molecule has 182 valence electrons. The van der Waals surface area contributed by atoms with Crippen LogP contribution in [0.3, 0.4) is 0 Å². The maximum Gasteiger partial charge on any atom is 0.234 e. The third-order valence-corrected chi connectivity index (χ3v) is 6.54. The van der Waals surface area contributed by atoms with Crippen molar-refractivity contribution in [2.45, 2.75) is 38.3 Å². The molecule has 4 heterocycles. The van der Waals surface area contributed by atoms with Crippen LogP contribution in [0.4, 0.5) is 10.2 Å². The number of carbonyl (C=O) groups is 2. The number of fused-ring (bicyclic) bond motifs is 2. The fourth-order valence-corrected chi connectivity index (χ4v) is 4.63. The van der Waals surface area contributed by atoms with Crippen LogP contribution < -0.4 is 9.64 Å². The van der Waals surface area contributed by atoms with E-state index in [2.05, 4.69) is 10.1 Å². The molecule has 2 aliphatic heterocycles. The van der Waals surface area contributed by atoms with Crippen LogP contribution in [0.25, 0.3) is 0 Å². The summed E-state index contributed by atoms with van der Waals surface area (Å²) < 4.78 is 27.7. The minimum absolute atomic E-state index is 0.0326. The zero-order chi connectivity index (χ0) is 24.4. The third kappa shape index (κ3) is 4.68. The van der Waals surface area contributed by atoms with Gasteiger partial charge in [0.2, 0.25) is 5.91 Å². The van der Waals surface area contributed by atoms with Crippen LogP contribution >= 0.6 is 0 Å². The lowest BCUT2D eigenvalue weighted by Gasteiger charge is -2.24. The first-order chi connectivity index (χ1) is 17.0. The molecule has 35 heavy (non-hydrogen) atoms. The molecule has 0 bridgehead atoms. The van der Waals surface area contributed by atoms with Crippen LogP contribution in [-0.4, -0.2) is 46.7 Å². The predicted octanol–water partition coefficient (Wildman–Crippen LogP) is 3.95. The maximum absolute atomic E-state index is 14.3. The first-order valence-corrected chi connectivity index (χ1v) is 11.9. The molecule has 5 rings (SSSR count). The molecule has 2 aromatic heterocycles. The quantitative estimate of drug-likeness (QED) is 0.378. The molecule has 0 saturated heterocycles. The molecule has 0 unspecified atom stereocenters. The Balaban J connectivity index is 1.18. The number of aromatic nitrogens is 3. The average molecular weight is 479 g/mol. The SMILES string of the molecule is CN1C(=O)[C@@H](CCCCC(=O)c2cc3n(n2)CCO[C@@H]3c2ccccc2F)COc2cccnc21. The lowest BCUT2D eigenvalue weighted by molar-refractivity contribution is -0.122. The predicted molar refractivity (Wildman–Crippen MR) is 126 cm³/mol. The van der Waals surface area contributed by atoms with Crippen molar-refractivity contribution in [3.8, 4) is 5.75 Å². The molecule has 0 radical (unpaired) electrons. The van der Waals surface area contributed by atoms with Gasteiger partial charge in [0.05, 0.1) is 24.8 Å². The van der Waals surface area contributed by atoms with Gasteiger partial charge in [-0.1, -0.05) is 24.6 Å². The summed E-state index contributed by atoms with van der Waals surface area (Å²) in [5.74, 6) is 0.384. The molecule has 0 spiro atoms. The topological polar surface area (TPSA) is 86.6 Å². The summed E-state index contributed by atoms with van der Waals surface area (Å²) in [5.41, 5.74) is 1.48. The molecule has 0 fully saturated rings. The number of ketones is 1. The van der Waals surface area contributed by atoms with Crippen molar-refractivity contribution in [2.75, 3.05) is 25.2 Å². The summed E-state index contributed by atoms with van der Waals surface area (Å²) in [6.07, 6.45) is 3.32. The number of pyridine rings is 1. The fraction of sp³-hybridized carbons (Fsp3) is 0.385. The summed E-state index contributed by atoms with van der Waals surface area (Å²) in [6.45, 7) is 1.20. The molecular formula is C26H27FN4O4. The van der Waals surface area contributed by atoms with Gasteiger partial charge < -0.3 is 9.47 Å². The van der Waals surface area contributed by atoms with Gasteiger partial charge in [-0.3, -0.25) is 19.2 Å². The number of benzene rings is 1. The lowest BCUT2D eigenvalue weighted by atomic mass is 9.99. The van der Waals surface area contributed by atoms with E-state index in [9.17, 15) is 14.0 Å². The molecule has 8 nitrogen and oxygen atoms in total. The molecule has 1 aromatic carbocycles. The Morgan fingerprint density at radius 2 is 2.06 bits per heavy atom. The zero-order valence-electron chi connectivity index (χ0n) is 19.5. The van der Waals surface area contributed by atoms with Crippen LogP contribution in [0, 0.1) is 11.7 Å². The van der Waals surface area contributed by atoms with Crippen molar-refractivity contribution in [1.82, 2.24) is 14.8 Å². The average Bonchev–Trinajstić information content (AvgIpc) is 3.28. The van der Waals surface area contributed by atoms with E-state index in [0.717, 1.165) is 0 Å². The Labute approximate surface area is 202 Å². The van der Waals surface area contributed by atoms with E-state index in [1.165, 1.54) is 6.07 Å². The lowest BCUT2D eigenvalue weighted by Crippen LogP contribution is -2.33. The van der Waals surface area contributed by atoms with Gasteiger partial charge in [0.1, 0.15) is 24.2 Å². The van der Waals surface area contributed by atoms with Crippen molar-refractivity contribution < 1.29 is 23.5 Å². The number of ether oxygens (including phenoxy) is 2. The second-order valence-corrected chi connectivity index (χ2v) is 8.85. The summed E-state index contributed by atoms with van der Waals surface area (Å²) in [4.78, 5) is 31.5. The van der Waals surface area contributed by atoms with Crippen LogP contribution in [0.2, 0.25) is 0 Å². The van der Waals surface area contributed by atoms with Gasteiger partial charge >= 0.3 is 0 Å². The van der Waals surface area contributed by atoms with Gasteiger partial charge in [-0.15, -0.1) is 0 Å². The number of halogens is 1. The van der Waals surface area contributed by atoms with Crippen LogP contribution in [-0.2, 0) is 16.1 Å². The highest BCUT2D eigenvalue weighted by Gasteiger charge is 2.30. The van der Waals surface area contributed by atoms with Crippen LogP contribution in [0.15, 0.2) is 48.7 Å². The highest BCUT2D eigenvalue weighted by molar-refractivity contribution is 5.95. The third-order valence-electron chi connectivity index (χ3n) is 6.54. The van der Waals surface area contributed by atoms with E-state index >= 15 is 0 Å². The van der Waals surface area contributed by atoms with Gasteiger partial charge in [-0.05, 0) is 37.1 Å². The van der Waals surface area contributed by atoms with E-state index < -0.39 is 6.10 Å². The number of Topliss-reactive ketones (excluding diaryl/α,β-unsaturated/α-hetero) is 1. The fourth-order valence-electron chi connectivity index (χ4n) is 4.63. The van der Waals surface area contributed by atoms with Crippen molar-refractivity contribution in [1.29, 1.82) is 0 Å². The normalized spacial score (nSPS) is 19.5. The monoisotopic (exact) mass is 478 g/mol. The van der Waals surface area contributed by atoms with Crippen LogP contribution in [0.1, 0.15) is 53.5 Å². The summed E-state index contributed by atoms with van der Waals surface area (Å²) in [5, 5.41) is 4.46. The number of nitrogens with zero attached hydrogens (tertiary/aromatic N) is 4. The zero-order valence-corrected chi connectivity index (χ0v) is 19.5. The van der Waals surface area contributed by atoms with Gasteiger partial charge in [0.25, 0.3) is 0 Å². The van der Waals surface area contributed by atoms with Gasteiger partial charge in [-0.25, -0.2) is 9.37 Å². The molecule has 0 N–H and O–H groups in total. The molecule has 0 aliphatic carbocycles. The minimum Gasteiger partial charge on any atom is -0.489 e. The largest absolute Gasteiger partial charge is 0.489 e. The van der Waals surface area contributed by atoms with E-state index in [1.807, 2.05) is 0 Å². The van der Waals surface area contributed by atoms with Crippen molar-refractivity contribution in [3.05, 3.63) is 71.4 Å². The standard InChI is InChI=1S/C26H27FN4O4/c1-30-25-23(11-6-12-28-25)35-16-17(26(30)33)7-2-5-10-22(32)20-15-21-24(34-14-13-31(21)29-20)18-8-3-4-9-19(18)27/h3-4,6,8-9,11-12,15,17,24H,2,5,7,10,13-14,16H2,1H3/t17-,24+/m0/s1. The number of carbonyl (C=O) groups excluding carboxylic acids is 2. The maximum atomic E-state index is 14.3. The molecular weight excluding hydrogens is 451 g/mol. The first-order valence-electron chi connectivity index (χ1n) is 11.9. The van der Waals surface area contributed by atoms with Crippen molar-refractivity contribution >= 4 is 17.5 Å². The second kappa shape index (κ2) is 9.95. The number of hydrogen-bond acceptors (Lipinski definition) is 6. The van der Waals surface area contributed by atoms with E-state index in [1.54, 1.807) is 59.2 Å². The summed E-state index contributed by atoms with van der Waals surface area (Å²) >= 11 is 0. The molecule has 2 atom stereocenters. The Hall–Kier alpha value is -3.59. The Bertz CT molecular complexity index is 1240. The van der Waals surface area contributed by atoms with Crippen molar-refractivity contribution in [3.63, 3.8) is 0 Å². The van der Waals surface area contributed by atoms with Gasteiger partial charge in [-0.2, -0.15) is 5.10 Å². The first kappa shape index (κ1) is 23.2. The summed E-state index contributed by atoms with van der Waals surface area (Å²) in [6, 6.07) is 11.8. The van der Waals surface area contributed by atoms with E-state index in [0.29, 0.717) is 74.0 Å². The number of hydrogen-bond donors (Lipinski definition) is 0. The van der Waals surface area contributed by atoms with E-state index in [4.69, 9.17) is 9.47 Å². The molecule has 0 saturated carbocycles. The number of amides is 1. The van der Waals surface area contributed by atoms with Gasteiger partial charge in [0, 0.05) is 25.2 Å². The van der Waals surface area contributed by atoms with Crippen molar-refractivity contribution in [2.24, 2.45) is 5.92 Å².